The van der Waals surface area contributed by atoms with Gasteiger partial charge in [-0.15, -0.1) is 0 Å². The van der Waals surface area contributed by atoms with Crippen LogP contribution < -0.4 is 20.7 Å². The number of amides is 2. The second-order valence-corrected chi connectivity index (χ2v) is 14.8. The Hall–Kier alpha value is -5.08. The summed E-state index contributed by atoms with van der Waals surface area (Å²) in [5.74, 6) is 0.469. The Kier molecular flexibility index (Phi) is 7.82. The number of aliphatic hydroxyl groups excluding tert-OH is 1. The Bertz CT molecular complexity index is 1950. The van der Waals surface area contributed by atoms with Gasteiger partial charge in [0.15, 0.2) is 11.9 Å². The normalized spacial score (nSPS) is 26.3. The molecule has 4 aliphatic rings. The predicted octanol–water partition coefficient (Wildman–Crippen LogP) is 4.92. The Labute approximate surface area is 285 Å². The van der Waals surface area contributed by atoms with Crippen molar-refractivity contribution in [2.45, 2.75) is 84.2 Å². The van der Waals surface area contributed by atoms with Crippen LogP contribution in [0.1, 0.15) is 76.2 Å². The predicted molar refractivity (Wildman–Crippen MR) is 181 cm³/mol. The highest BCUT2D eigenvalue weighted by atomic mass is 16.5. The van der Waals surface area contributed by atoms with Crippen molar-refractivity contribution in [3.8, 4) is 11.8 Å². The number of aliphatic hydroxyl groups is 1. The maximum absolute atomic E-state index is 14.2. The lowest BCUT2D eigenvalue weighted by Crippen LogP contribution is -2.56. The van der Waals surface area contributed by atoms with Gasteiger partial charge in [-0.05, 0) is 53.0 Å². The van der Waals surface area contributed by atoms with E-state index in [0.29, 0.717) is 29.3 Å². The summed E-state index contributed by atoms with van der Waals surface area (Å²) in [6, 6.07) is 14.3. The first kappa shape index (κ1) is 32.5. The minimum atomic E-state index is -1.27. The molecule has 4 aliphatic heterocycles. The van der Waals surface area contributed by atoms with Crippen LogP contribution in [0, 0.1) is 28.6 Å². The summed E-state index contributed by atoms with van der Waals surface area (Å²) < 4.78 is 19.9. The van der Waals surface area contributed by atoms with Gasteiger partial charge in [-0.2, -0.15) is 10.2 Å². The molecule has 0 saturated heterocycles. The molecule has 5 heterocycles. The molecule has 4 bridgehead atoms. The lowest BCUT2D eigenvalue weighted by Gasteiger charge is -2.38. The number of hydrogen-bond acceptors (Lipinski definition) is 9. The number of rotatable bonds is 4. The third-order valence-corrected chi connectivity index (χ3v) is 9.99. The molecule has 0 radical (unpaired) electrons. The number of ether oxygens (including phenoxy) is 2. The Morgan fingerprint density at radius 3 is 2.65 bits per heavy atom. The van der Waals surface area contributed by atoms with Crippen molar-refractivity contribution < 1.29 is 28.6 Å². The van der Waals surface area contributed by atoms with E-state index in [2.05, 4.69) is 40.0 Å². The van der Waals surface area contributed by atoms with Crippen molar-refractivity contribution in [2.75, 3.05) is 5.32 Å². The largest absolute Gasteiger partial charge is 0.469 e. The molecule has 7 rings (SSSR count). The summed E-state index contributed by atoms with van der Waals surface area (Å²) >= 11 is 0. The number of fused-ring (bicyclic) bond motifs is 4. The van der Waals surface area contributed by atoms with E-state index in [9.17, 15) is 20.0 Å². The van der Waals surface area contributed by atoms with Crippen LogP contribution in [0.5, 0.6) is 5.75 Å². The van der Waals surface area contributed by atoms with Gasteiger partial charge in [0.2, 0.25) is 17.7 Å². The van der Waals surface area contributed by atoms with Gasteiger partial charge in [0, 0.05) is 17.7 Å². The average molecular weight is 664 g/mol. The highest BCUT2D eigenvalue weighted by Crippen LogP contribution is 2.60. The molecule has 4 N–H and O–H groups in total. The Morgan fingerprint density at radius 1 is 1.16 bits per heavy atom. The maximum atomic E-state index is 14.2. The van der Waals surface area contributed by atoms with Crippen molar-refractivity contribution in [3.05, 3.63) is 94.6 Å². The lowest BCUT2D eigenvalue weighted by atomic mass is 9.71. The van der Waals surface area contributed by atoms with Crippen molar-refractivity contribution in [1.29, 1.82) is 5.26 Å². The molecule has 2 aromatic carbocycles. The van der Waals surface area contributed by atoms with Crippen LogP contribution in [-0.4, -0.2) is 46.3 Å². The summed E-state index contributed by atoms with van der Waals surface area (Å²) in [6.07, 6.45) is 2.14. The van der Waals surface area contributed by atoms with Crippen molar-refractivity contribution in [3.63, 3.8) is 0 Å². The van der Waals surface area contributed by atoms with Crippen LogP contribution in [0.3, 0.4) is 0 Å². The van der Waals surface area contributed by atoms with E-state index in [0.717, 1.165) is 22.4 Å². The Morgan fingerprint density at radius 2 is 1.94 bits per heavy atom. The number of nitriles is 1. The topological polar surface area (TPSA) is 159 Å². The highest BCUT2D eigenvalue weighted by molar-refractivity contribution is 5.90. The number of aromatic nitrogens is 1. The molecular weight excluding hydrogens is 622 g/mol. The number of carbonyl (C=O) groups excluding carboxylic acids is 2. The minimum Gasteiger partial charge on any atom is -0.469 e. The third kappa shape index (κ3) is 5.26. The van der Waals surface area contributed by atoms with Crippen LogP contribution in [-0.2, 0) is 26.2 Å². The quantitative estimate of drug-likeness (QED) is 0.304. The van der Waals surface area contributed by atoms with Gasteiger partial charge in [0.1, 0.15) is 47.2 Å². The number of nitrogens with zero attached hydrogens (tertiary/aromatic N) is 2. The van der Waals surface area contributed by atoms with E-state index in [-0.39, 0.29) is 29.8 Å². The van der Waals surface area contributed by atoms with Crippen LogP contribution >= 0.6 is 0 Å². The summed E-state index contributed by atoms with van der Waals surface area (Å²) in [7, 11) is 0. The molecule has 0 saturated carbocycles. The second-order valence-electron chi connectivity index (χ2n) is 14.8. The molecule has 1 spiro atoms. The van der Waals surface area contributed by atoms with Gasteiger partial charge in [0.25, 0.3) is 0 Å². The molecule has 2 amide bonds. The summed E-state index contributed by atoms with van der Waals surface area (Å²) in [5, 5.41) is 29.9. The number of carbonyl (C=O) groups is 2. The Balaban J connectivity index is 1.52. The molecule has 11 nitrogen and oxygen atoms in total. The van der Waals surface area contributed by atoms with Crippen LogP contribution in [0.25, 0.3) is 5.57 Å². The summed E-state index contributed by atoms with van der Waals surface area (Å²) in [5.41, 5.74) is 2.69. The first-order valence-electron chi connectivity index (χ1n) is 16.8. The smallest absolute Gasteiger partial charge is 0.249 e. The zero-order valence-electron chi connectivity index (χ0n) is 28.5. The zero-order chi connectivity index (χ0) is 34.8. The number of anilines is 1. The molecule has 1 aromatic heterocycles. The van der Waals surface area contributed by atoms with Gasteiger partial charge < -0.3 is 34.9 Å². The first-order chi connectivity index (χ1) is 23.3. The zero-order valence-corrected chi connectivity index (χ0v) is 28.5. The highest BCUT2D eigenvalue weighted by Gasteiger charge is 2.61. The maximum Gasteiger partial charge on any atom is 0.249 e. The van der Waals surface area contributed by atoms with Crippen LogP contribution in [0.4, 0.5) is 5.69 Å². The first-order valence-corrected chi connectivity index (χ1v) is 16.8. The minimum absolute atomic E-state index is 0.153. The van der Waals surface area contributed by atoms with Gasteiger partial charge in [0.05, 0.1) is 11.6 Å². The fourth-order valence-electron chi connectivity index (χ4n) is 7.39. The van der Waals surface area contributed by atoms with Gasteiger partial charge in [-0.25, -0.2) is 0 Å². The van der Waals surface area contributed by atoms with Crippen molar-refractivity contribution >= 4 is 23.1 Å². The average Bonchev–Trinajstić information content (AvgIpc) is 3.71. The van der Waals surface area contributed by atoms with E-state index >= 15 is 0 Å². The van der Waals surface area contributed by atoms with Crippen molar-refractivity contribution in [2.24, 2.45) is 17.3 Å². The van der Waals surface area contributed by atoms with E-state index < -0.39 is 47.1 Å². The van der Waals surface area contributed by atoms with E-state index in [1.165, 1.54) is 6.26 Å². The third-order valence-electron chi connectivity index (χ3n) is 9.99. The molecule has 0 aliphatic carbocycles. The molecule has 0 fully saturated rings. The van der Waals surface area contributed by atoms with Crippen LogP contribution in [0.15, 0.2) is 70.7 Å². The van der Waals surface area contributed by atoms with E-state index in [4.69, 9.17) is 13.9 Å². The fourth-order valence-corrected chi connectivity index (χ4v) is 7.39. The molecular formula is C38H41N5O6. The summed E-state index contributed by atoms with van der Waals surface area (Å²) in [4.78, 5) is 32.0. The molecule has 3 aromatic rings. The van der Waals surface area contributed by atoms with Gasteiger partial charge in [-0.1, -0.05) is 71.9 Å². The molecule has 6 atom stereocenters. The SMILES string of the molecule is CC1CC=C2OC(=C1c1nc(C#N)co1)C13c4ccccc4NC1Oc1ccc(cc13)CC(NC(=O)C(O)C(C)C)C(=O)NC2C(C)(C)C. The summed E-state index contributed by atoms with van der Waals surface area (Å²) in [6.45, 7) is 11.6. The van der Waals surface area contributed by atoms with Crippen molar-refractivity contribution in [1.82, 2.24) is 15.6 Å². The van der Waals surface area contributed by atoms with Crippen LogP contribution in [0.2, 0.25) is 0 Å². The van der Waals surface area contributed by atoms with Gasteiger partial charge in [-0.3, -0.25) is 9.59 Å². The number of benzene rings is 2. The number of oxazole rings is 1. The molecule has 11 heteroatoms. The lowest BCUT2D eigenvalue weighted by molar-refractivity contribution is -0.136. The number of para-hydroxylation sites is 1. The van der Waals surface area contributed by atoms with E-state index in [1.54, 1.807) is 13.8 Å². The number of allylic oxidation sites excluding steroid dienone is 2. The van der Waals surface area contributed by atoms with E-state index in [1.807, 2.05) is 63.2 Å². The number of nitrogens with one attached hydrogen (secondary N) is 3. The second kappa shape index (κ2) is 11.8. The standard InChI is InChI=1S/C38H41N5O6/c1-19(2)30(44)34(46)41-26-16-21-12-14-27-24(15-21)38(23-9-7-8-10-25(23)42-36(38)49-27)32-29(35-40-22(17-39)18-47-35)20(3)11-13-28(48-32)31(37(4,5)6)43-33(26)45/h7-10,12-15,18-20,26,30-31,36,42,44H,11,16H2,1-6H3,(H,41,46)(H,43,45). The van der Waals surface area contributed by atoms with Gasteiger partial charge >= 0.3 is 0 Å². The molecule has 254 valence electrons. The molecule has 6 unspecified atom stereocenters. The number of hydrogen-bond donors (Lipinski definition) is 4. The monoisotopic (exact) mass is 663 g/mol. The molecule has 49 heavy (non-hydrogen) atoms. The fraction of sp³-hybridized carbons (Fsp3) is 0.421.